The Kier molecular flexibility index (Phi) is 17.8. The molecule has 0 aromatic heterocycles. The van der Waals surface area contributed by atoms with Crippen LogP contribution < -0.4 is 5.32 Å². The van der Waals surface area contributed by atoms with Gasteiger partial charge in [-0.1, -0.05) is 83.3 Å². The van der Waals surface area contributed by atoms with E-state index in [1.807, 2.05) is 6.08 Å². The smallest absolute Gasteiger partial charge is 0.251 e. The summed E-state index contributed by atoms with van der Waals surface area (Å²) in [6.07, 6.45) is 15.8. The van der Waals surface area contributed by atoms with Crippen LogP contribution in [0.25, 0.3) is 0 Å². The Bertz CT molecular complexity index is 376. The molecule has 160 valence electrons. The molecule has 0 aromatic carbocycles. The van der Waals surface area contributed by atoms with Gasteiger partial charge in [-0.05, 0) is 12.8 Å². The Morgan fingerprint density at radius 3 is 1.85 bits per heavy atom. The average molecular weight is 388 g/mol. The topological polar surface area (TPSA) is 110 Å². The number of unbranched alkanes of at least 4 members (excludes halogenated alkanes) is 11. The molecule has 0 bridgehead atoms. The zero-order valence-corrected chi connectivity index (χ0v) is 17.0. The van der Waals surface area contributed by atoms with Crippen molar-refractivity contribution in [2.24, 2.45) is 0 Å². The zero-order chi connectivity index (χ0) is 20.3. The lowest BCUT2D eigenvalue weighted by molar-refractivity contribution is -0.133. The number of carbonyl (C=O) groups excluding carboxylic acids is 1. The average Bonchev–Trinajstić information content (AvgIpc) is 2.68. The largest absolute Gasteiger partial charge is 0.394 e. The number of hydrogen-bond donors (Lipinski definition) is 5. The maximum atomic E-state index is 11.5. The lowest BCUT2D eigenvalue weighted by Crippen LogP contribution is -2.49. The van der Waals surface area contributed by atoms with Crippen LogP contribution in [0.4, 0.5) is 0 Å². The maximum absolute atomic E-state index is 11.5. The number of hydrogen-bond acceptors (Lipinski definition) is 5. The highest BCUT2D eigenvalue weighted by atomic mass is 16.3. The molecule has 0 saturated heterocycles. The van der Waals surface area contributed by atoms with Crippen molar-refractivity contribution in [3.8, 4) is 0 Å². The van der Waals surface area contributed by atoms with Gasteiger partial charge < -0.3 is 25.7 Å². The molecule has 6 nitrogen and oxygen atoms in total. The van der Waals surface area contributed by atoms with E-state index in [0.717, 1.165) is 12.8 Å². The lowest BCUT2D eigenvalue weighted by Gasteiger charge is -2.21. The zero-order valence-electron chi connectivity index (χ0n) is 17.0. The van der Waals surface area contributed by atoms with Gasteiger partial charge in [-0.3, -0.25) is 4.79 Å². The quantitative estimate of drug-likeness (QED) is 0.183. The molecular formula is C21H41NO5. The van der Waals surface area contributed by atoms with Gasteiger partial charge in [0.05, 0.1) is 25.4 Å². The Balaban J connectivity index is 3.69. The minimum absolute atomic E-state index is 0.451. The SMILES string of the molecule is CCCCCCCCCCCCC/C=C/[C@@H](O)[C@H](CO)NC(=O)[C@H](O)CO. The molecule has 0 rings (SSSR count). The molecule has 0 unspecified atom stereocenters. The minimum Gasteiger partial charge on any atom is -0.394 e. The fourth-order valence-electron chi connectivity index (χ4n) is 2.90. The van der Waals surface area contributed by atoms with Gasteiger partial charge in [0.2, 0.25) is 0 Å². The van der Waals surface area contributed by atoms with E-state index in [4.69, 9.17) is 5.11 Å². The van der Waals surface area contributed by atoms with Gasteiger partial charge in [-0.2, -0.15) is 0 Å². The maximum Gasteiger partial charge on any atom is 0.251 e. The molecule has 0 aliphatic carbocycles. The van der Waals surface area contributed by atoms with Crippen molar-refractivity contribution in [1.82, 2.24) is 5.32 Å². The van der Waals surface area contributed by atoms with Crippen LogP contribution in [0.2, 0.25) is 0 Å². The van der Waals surface area contributed by atoms with Gasteiger partial charge in [0.25, 0.3) is 5.91 Å². The van der Waals surface area contributed by atoms with E-state index in [-0.39, 0.29) is 0 Å². The van der Waals surface area contributed by atoms with E-state index in [2.05, 4.69) is 12.2 Å². The van der Waals surface area contributed by atoms with Crippen molar-refractivity contribution >= 4 is 5.91 Å². The van der Waals surface area contributed by atoms with Crippen LogP contribution >= 0.6 is 0 Å². The first-order valence-electron chi connectivity index (χ1n) is 10.6. The predicted octanol–water partition coefficient (Wildman–Crippen LogP) is 2.43. The van der Waals surface area contributed by atoms with Gasteiger partial charge in [0.15, 0.2) is 6.10 Å². The second-order valence-electron chi connectivity index (χ2n) is 7.24. The van der Waals surface area contributed by atoms with Gasteiger partial charge in [0, 0.05) is 0 Å². The number of amides is 1. The molecule has 0 saturated carbocycles. The summed E-state index contributed by atoms with van der Waals surface area (Å²) in [6.45, 7) is 1.09. The third kappa shape index (κ3) is 14.7. The van der Waals surface area contributed by atoms with E-state index in [1.54, 1.807) is 6.08 Å². The summed E-state index contributed by atoms with van der Waals surface area (Å²) in [5.74, 6) is -0.811. The first-order valence-corrected chi connectivity index (χ1v) is 10.6. The molecule has 5 N–H and O–H groups in total. The number of allylic oxidation sites excluding steroid dienone is 1. The standard InChI is InChI=1S/C21H41NO5/c1-2-3-4-5-6-7-8-9-10-11-12-13-14-15-19(25)18(16-23)22-21(27)20(26)17-24/h14-15,18-20,23-26H,2-13,16-17H2,1H3,(H,22,27)/b15-14+/t18-,19+,20+/m0/s1. The van der Waals surface area contributed by atoms with E-state index in [9.17, 15) is 20.1 Å². The van der Waals surface area contributed by atoms with Crippen molar-refractivity contribution < 1.29 is 25.2 Å². The summed E-state index contributed by atoms with van der Waals surface area (Å²) in [5.41, 5.74) is 0. The number of aliphatic hydroxyl groups excluding tert-OH is 4. The van der Waals surface area contributed by atoms with Crippen LogP contribution in [0.3, 0.4) is 0 Å². The Morgan fingerprint density at radius 1 is 0.852 bits per heavy atom. The predicted molar refractivity (Wildman–Crippen MR) is 108 cm³/mol. The van der Waals surface area contributed by atoms with E-state index >= 15 is 0 Å². The summed E-state index contributed by atoms with van der Waals surface area (Å²) in [5, 5.41) is 39.5. The van der Waals surface area contributed by atoms with Crippen molar-refractivity contribution in [1.29, 1.82) is 0 Å². The molecule has 1 amide bonds. The van der Waals surface area contributed by atoms with Crippen LogP contribution in [0, 0.1) is 0 Å². The molecule has 0 aromatic rings. The molecule has 0 fully saturated rings. The van der Waals surface area contributed by atoms with Crippen molar-refractivity contribution in [2.45, 2.75) is 102 Å². The van der Waals surface area contributed by atoms with Crippen molar-refractivity contribution in [3.05, 3.63) is 12.2 Å². The number of aliphatic hydroxyl groups is 4. The van der Waals surface area contributed by atoms with E-state index in [1.165, 1.54) is 64.2 Å². The summed E-state index contributed by atoms with van der Waals surface area (Å²) >= 11 is 0. The summed E-state index contributed by atoms with van der Waals surface area (Å²) in [7, 11) is 0. The molecule has 0 heterocycles. The van der Waals surface area contributed by atoms with Gasteiger partial charge in [-0.15, -0.1) is 0 Å². The highest BCUT2D eigenvalue weighted by molar-refractivity contribution is 5.80. The lowest BCUT2D eigenvalue weighted by atomic mass is 10.0. The van der Waals surface area contributed by atoms with Gasteiger partial charge in [-0.25, -0.2) is 0 Å². The Labute approximate surface area is 164 Å². The van der Waals surface area contributed by atoms with Crippen LogP contribution in [0.1, 0.15) is 84.0 Å². The minimum atomic E-state index is -1.55. The third-order valence-corrected chi connectivity index (χ3v) is 4.72. The molecule has 6 heteroatoms. The number of nitrogens with one attached hydrogen (secondary N) is 1. The van der Waals surface area contributed by atoms with Crippen molar-refractivity contribution in [2.75, 3.05) is 13.2 Å². The van der Waals surface area contributed by atoms with Crippen molar-refractivity contribution in [3.63, 3.8) is 0 Å². The molecule has 27 heavy (non-hydrogen) atoms. The second-order valence-corrected chi connectivity index (χ2v) is 7.24. The van der Waals surface area contributed by atoms with Crippen LogP contribution in [-0.4, -0.2) is 57.8 Å². The highest BCUT2D eigenvalue weighted by Crippen LogP contribution is 2.12. The summed E-state index contributed by atoms with van der Waals surface area (Å²) < 4.78 is 0. The molecule has 0 aliphatic heterocycles. The number of rotatable bonds is 18. The molecular weight excluding hydrogens is 346 g/mol. The first-order chi connectivity index (χ1) is 13.1. The van der Waals surface area contributed by atoms with Gasteiger partial charge >= 0.3 is 0 Å². The molecule has 0 spiro atoms. The highest BCUT2D eigenvalue weighted by Gasteiger charge is 2.22. The molecule has 0 radical (unpaired) electrons. The van der Waals surface area contributed by atoms with Crippen LogP contribution in [-0.2, 0) is 4.79 Å². The van der Waals surface area contributed by atoms with E-state index < -0.39 is 37.4 Å². The molecule has 0 aliphatic rings. The van der Waals surface area contributed by atoms with E-state index in [0.29, 0.717) is 0 Å². The molecule has 3 atom stereocenters. The summed E-state index contributed by atoms with van der Waals surface area (Å²) in [6, 6.07) is -0.896. The second kappa shape index (κ2) is 18.4. The first kappa shape index (κ1) is 26.1. The fraction of sp³-hybridized carbons (Fsp3) is 0.857. The monoisotopic (exact) mass is 387 g/mol. The fourth-order valence-corrected chi connectivity index (χ4v) is 2.90. The Hall–Kier alpha value is -0.950. The Morgan fingerprint density at radius 2 is 1.37 bits per heavy atom. The summed E-state index contributed by atoms with van der Waals surface area (Å²) in [4.78, 5) is 11.5. The third-order valence-electron chi connectivity index (χ3n) is 4.72. The normalized spacial score (nSPS) is 15.0. The van der Waals surface area contributed by atoms with Crippen LogP contribution in [0.15, 0.2) is 12.2 Å². The van der Waals surface area contributed by atoms with Crippen LogP contribution in [0.5, 0.6) is 0 Å². The number of carbonyl (C=O) groups is 1. The van der Waals surface area contributed by atoms with Gasteiger partial charge in [0.1, 0.15) is 0 Å².